The van der Waals surface area contributed by atoms with Crippen LogP contribution in [0.1, 0.15) is 0 Å². The Kier molecular flexibility index (Phi) is 4.64. The molecule has 1 heterocycles. The van der Waals surface area contributed by atoms with Crippen molar-refractivity contribution in [2.45, 2.75) is 0 Å². The third kappa shape index (κ3) is 3.23. The Morgan fingerprint density at radius 2 is 1.14 bits per heavy atom. The first-order valence-electron chi connectivity index (χ1n) is 11.6. The van der Waals surface area contributed by atoms with Crippen LogP contribution in [0.5, 0.6) is 0 Å². The average molecular weight is 514 g/mol. The molecule has 0 aliphatic rings. The Balaban J connectivity index is 1.60. The number of anilines is 3. The Morgan fingerprint density at radius 3 is 1.97 bits per heavy atom. The molecule has 7 rings (SSSR count). The van der Waals surface area contributed by atoms with E-state index in [1.807, 2.05) is 6.07 Å². The van der Waals surface area contributed by atoms with Gasteiger partial charge in [0.05, 0.1) is 0 Å². The highest BCUT2D eigenvalue weighted by Gasteiger charge is 2.18. The summed E-state index contributed by atoms with van der Waals surface area (Å²) in [4.78, 5) is 2.30. The number of rotatable bonds is 3. The van der Waals surface area contributed by atoms with Gasteiger partial charge in [-0.2, -0.15) is 0 Å². The maximum atomic E-state index is 6.44. The molecule has 0 saturated heterocycles. The Hall–Kier alpha value is -4.08. The van der Waals surface area contributed by atoms with Crippen LogP contribution in [0.2, 0.25) is 0 Å². The van der Waals surface area contributed by atoms with Crippen molar-refractivity contribution in [1.82, 2.24) is 0 Å². The minimum absolute atomic E-state index is 0.914. The minimum atomic E-state index is 0.914. The summed E-state index contributed by atoms with van der Waals surface area (Å²) < 4.78 is 7.49. The molecule has 166 valence electrons. The second kappa shape index (κ2) is 8.00. The number of hydrogen-bond donors (Lipinski definition) is 0. The maximum absolute atomic E-state index is 6.44. The summed E-state index contributed by atoms with van der Waals surface area (Å²) in [5, 5.41) is 7.07. The highest BCUT2D eigenvalue weighted by molar-refractivity contribution is 9.10. The van der Waals surface area contributed by atoms with Crippen LogP contribution in [0.4, 0.5) is 17.1 Å². The average Bonchev–Trinajstić information content (AvgIpc) is 3.30. The van der Waals surface area contributed by atoms with Crippen LogP contribution in [0.3, 0.4) is 0 Å². The quantitative estimate of drug-likeness (QED) is 0.218. The van der Waals surface area contributed by atoms with Crippen LogP contribution in [0, 0.1) is 0 Å². The zero-order valence-electron chi connectivity index (χ0n) is 18.8. The maximum Gasteiger partial charge on any atom is 0.143 e. The predicted octanol–water partition coefficient (Wildman–Crippen LogP) is 10.1. The number of fused-ring (bicyclic) bond motifs is 8. The second-order valence-corrected chi connectivity index (χ2v) is 9.64. The van der Waals surface area contributed by atoms with E-state index in [2.05, 4.69) is 136 Å². The second-order valence-electron chi connectivity index (χ2n) is 8.73. The predicted molar refractivity (Wildman–Crippen MR) is 151 cm³/mol. The topological polar surface area (TPSA) is 16.4 Å². The van der Waals surface area contributed by atoms with E-state index >= 15 is 0 Å². The molecule has 7 aromatic rings. The van der Waals surface area contributed by atoms with E-state index < -0.39 is 0 Å². The Morgan fingerprint density at radius 1 is 0.486 bits per heavy atom. The van der Waals surface area contributed by atoms with Gasteiger partial charge in [0.1, 0.15) is 11.2 Å². The monoisotopic (exact) mass is 513 g/mol. The van der Waals surface area contributed by atoms with Crippen LogP contribution in [0.15, 0.2) is 130 Å². The number of para-hydroxylation sites is 2. The summed E-state index contributed by atoms with van der Waals surface area (Å²) >= 11 is 3.66. The third-order valence-corrected chi connectivity index (χ3v) is 7.16. The van der Waals surface area contributed by atoms with Gasteiger partial charge in [0.2, 0.25) is 0 Å². The van der Waals surface area contributed by atoms with E-state index in [0.29, 0.717) is 0 Å². The zero-order chi connectivity index (χ0) is 23.4. The molecule has 0 radical (unpaired) electrons. The van der Waals surface area contributed by atoms with Crippen LogP contribution in [0.25, 0.3) is 43.5 Å². The summed E-state index contributed by atoms with van der Waals surface area (Å²) in [5.74, 6) is 0. The first-order valence-corrected chi connectivity index (χ1v) is 12.4. The fourth-order valence-corrected chi connectivity index (χ4v) is 5.56. The molecular weight excluding hydrogens is 494 g/mol. The van der Waals surface area contributed by atoms with Crippen molar-refractivity contribution in [3.05, 3.63) is 126 Å². The van der Waals surface area contributed by atoms with Gasteiger partial charge in [-0.1, -0.05) is 88.7 Å². The highest BCUT2D eigenvalue weighted by atomic mass is 79.9. The normalized spacial score (nSPS) is 11.6. The molecule has 0 aliphatic heterocycles. The van der Waals surface area contributed by atoms with E-state index in [-0.39, 0.29) is 0 Å². The van der Waals surface area contributed by atoms with Crippen LogP contribution in [-0.4, -0.2) is 0 Å². The number of benzene rings is 6. The molecule has 0 unspecified atom stereocenters. The van der Waals surface area contributed by atoms with Gasteiger partial charge in [0, 0.05) is 37.7 Å². The molecule has 0 aliphatic carbocycles. The van der Waals surface area contributed by atoms with Gasteiger partial charge >= 0.3 is 0 Å². The Labute approximate surface area is 211 Å². The molecule has 0 atom stereocenters. The molecular formula is C32H20BrNO. The lowest BCUT2D eigenvalue weighted by atomic mass is 9.96. The van der Waals surface area contributed by atoms with Gasteiger partial charge in [-0.3, -0.25) is 0 Å². The Bertz CT molecular complexity index is 1870. The summed E-state index contributed by atoms with van der Waals surface area (Å²) in [5.41, 5.74) is 5.17. The molecule has 35 heavy (non-hydrogen) atoms. The summed E-state index contributed by atoms with van der Waals surface area (Å²) in [6, 6.07) is 42.6. The van der Waals surface area contributed by atoms with Crippen molar-refractivity contribution >= 4 is 76.5 Å². The molecule has 3 heteroatoms. The van der Waals surface area contributed by atoms with Gasteiger partial charge in [-0.15, -0.1) is 0 Å². The zero-order valence-corrected chi connectivity index (χ0v) is 20.4. The molecule has 0 bridgehead atoms. The number of nitrogens with zero attached hydrogens (tertiary/aromatic N) is 1. The standard InChI is InChI=1S/C32H20BrNO/c33-21-9-8-12-23(19-21)34(22-10-2-1-3-11-22)24-17-18-26-25-13-4-5-14-27(25)32-31(29(26)20-24)28-15-6-7-16-30(28)35-32/h1-20H. The highest BCUT2D eigenvalue weighted by Crippen LogP contribution is 2.44. The largest absolute Gasteiger partial charge is 0.455 e. The molecule has 0 amide bonds. The van der Waals surface area contributed by atoms with Crippen molar-refractivity contribution in [1.29, 1.82) is 0 Å². The summed E-state index contributed by atoms with van der Waals surface area (Å²) in [7, 11) is 0. The lowest BCUT2D eigenvalue weighted by Crippen LogP contribution is -2.09. The SMILES string of the molecule is Brc1cccc(N(c2ccccc2)c2ccc3c4ccccc4c4oc5ccccc5c4c3c2)c1. The van der Waals surface area contributed by atoms with Crippen LogP contribution in [-0.2, 0) is 0 Å². The molecule has 0 fully saturated rings. The number of furan rings is 1. The van der Waals surface area contributed by atoms with Crippen molar-refractivity contribution in [3.8, 4) is 0 Å². The van der Waals surface area contributed by atoms with Crippen LogP contribution < -0.4 is 4.90 Å². The fourth-order valence-electron chi connectivity index (χ4n) is 5.17. The molecule has 0 N–H and O–H groups in total. The number of halogens is 1. The lowest BCUT2D eigenvalue weighted by molar-refractivity contribution is 0.673. The van der Waals surface area contributed by atoms with E-state index in [1.54, 1.807) is 0 Å². The van der Waals surface area contributed by atoms with Gasteiger partial charge in [-0.05, 0) is 64.7 Å². The first kappa shape index (κ1) is 20.3. The number of hydrogen-bond acceptors (Lipinski definition) is 2. The van der Waals surface area contributed by atoms with Gasteiger partial charge in [0.25, 0.3) is 0 Å². The summed E-state index contributed by atoms with van der Waals surface area (Å²) in [6.45, 7) is 0. The van der Waals surface area contributed by atoms with E-state index in [1.165, 1.54) is 21.5 Å². The van der Waals surface area contributed by atoms with Gasteiger partial charge in [0.15, 0.2) is 0 Å². The molecule has 6 aromatic carbocycles. The molecule has 0 saturated carbocycles. The molecule has 2 nitrogen and oxygen atoms in total. The summed E-state index contributed by atoms with van der Waals surface area (Å²) in [6.07, 6.45) is 0. The molecule has 0 spiro atoms. The van der Waals surface area contributed by atoms with E-state index in [9.17, 15) is 0 Å². The van der Waals surface area contributed by atoms with E-state index in [0.717, 1.165) is 43.5 Å². The van der Waals surface area contributed by atoms with E-state index in [4.69, 9.17) is 4.42 Å². The van der Waals surface area contributed by atoms with Crippen molar-refractivity contribution < 1.29 is 4.42 Å². The third-order valence-electron chi connectivity index (χ3n) is 6.67. The van der Waals surface area contributed by atoms with Crippen molar-refractivity contribution in [3.63, 3.8) is 0 Å². The van der Waals surface area contributed by atoms with Gasteiger partial charge < -0.3 is 9.32 Å². The molecule has 1 aromatic heterocycles. The van der Waals surface area contributed by atoms with Crippen molar-refractivity contribution in [2.75, 3.05) is 4.90 Å². The lowest BCUT2D eigenvalue weighted by Gasteiger charge is -2.26. The van der Waals surface area contributed by atoms with Crippen LogP contribution >= 0.6 is 15.9 Å². The smallest absolute Gasteiger partial charge is 0.143 e. The first-order chi connectivity index (χ1) is 17.3. The fraction of sp³-hybridized carbons (Fsp3) is 0. The van der Waals surface area contributed by atoms with Gasteiger partial charge in [-0.25, -0.2) is 0 Å². The minimum Gasteiger partial charge on any atom is -0.455 e. The van der Waals surface area contributed by atoms with Crippen molar-refractivity contribution in [2.24, 2.45) is 0 Å².